The van der Waals surface area contributed by atoms with E-state index in [0.29, 0.717) is 6.04 Å². The van der Waals surface area contributed by atoms with Gasteiger partial charge in [-0.1, -0.05) is 11.8 Å². The maximum absolute atomic E-state index is 11.5. The van der Waals surface area contributed by atoms with E-state index < -0.39 is 17.2 Å². The highest BCUT2D eigenvalue weighted by atomic mass is 32.2. The molecule has 2 rings (SSSR count). The van der Waals surface area contributed by atoms with Crippen LogP contribution in [0.15, 0.2) is 17.6 Å². The Hall–Kier alpha value is -1.50. The fourth-order valence-corrected chi connectivity index (χ4v) is 2.39. The van der Waals surface area contributed by atoms with Crippen LogP contribution in [0, 0.1) is 0 Å². The number of thioether (sulfide) groups is 1. The zero-order valence-corrected chi connectivity index (χ0v) is 10.2. The van der Waals surface area contributed by atoms with Crippen molar-refractivity contribution < 1.29 is 9.59 Å². The molecule has 6 nitrogen and oxygen atoms in total. The van der Waals surface area contributed by atoms with Gasteiger partial charge in [0.2, 0.25) is 5.91 Å². The van der Waals surface area contributed by atoms with Gasteiger partial charge in [-0.15, -0.1) is 0 Å². The number of nitrogens with zero attached hydrogens (tertiary/aromatic N) is 2. The summed E-state index contributed by atoms with van der Waals surface area (Å²) in [5.74, 6) is -0.396. The molecular formula is C10H14N4O2S. The van der Waals surface area contributed by atoms with Crippen molar-refractivity contribution in [1.29, 1.82) is 0 Å². The molecule has 1 atom stereocenters. The Labute approximate surface area is 103 Å². The predicted molar refractivity (Wildman–Crippen MR) is 63.5 cm³/mol. The topological polar surface area (TPSA) is 90.0 Å². The number of carbonyl (C=O) groups is 2. The van der Waals surface area contributed by atoms with Gasteiger partial charge in [0, 0.05) is 18.4 Å². The normalized spacial score (nSPS) is 16.5. The second-order valence-corrected chi connectivity index (χ2v) is 5.27. The standard InChI is InChI=1S/C10H14N4O2S/c1-6(8(15)13-9(11)16)17-10-12-4-5-14(10)7-2-3-7/h4-7H,2-3H2,1H3,(H3,11,13,15,16)/t6-/m0/s1. The van der Waals surface area contributed by atoms with Gasteiger partial charge in [-0.05, 0) is 19.8 Å². The summed E-state index contributed by atoms with van der Waals surface area (Å²) in [4.78, 5) is 26.3. The molecule has 1 aromatic heterocycles. The average Bonchev–Trinajstić information content (AvgIpc) is 2.99. The minimum absolute atomic E-state index is 0.396. The molecule has 1 saturated carbocycles. The molecule has 0 radical (unpaired) electrons. The van der Waals surface area contributed by atoms with Crippen LogP contribution in [-0.4, -0.2) is 26.7 Å². The minimum Gasteiger partial charge on any atom is -0.351 e. The number of aromatic nitrogens is 2. The lowest BCUT2D eigenvalue weighted by atomic mass is 10.4. The van der Waals surface area contributed by atoms with Gasteiger partial charge in [0.1, 0.15) is 0 Å². The predicted octanol–water partition coefficient (Wildman–Crippen LogP) is 0.894. The fourth-order valence-electron chi connectivity index (χ4n) is 1.46. The quantitative estimate of drug-likeness (QED) is 0.781. The van der Waals surface area contributed by atoms with Crippen LogP contribution in [-0.2, 0) is 4.79 Å². The van der Waals surface area contributed by atoms with E-state index in [9.17, 15) is 9.59 Å². The summed E-state index contributed by atoms with van der Waals surface area (Å²) in [6.45, 7) is 1.72. The number of urea groups is 1. The Morgan fingerprint density at radius 1 is 1.65 bits per heavy atom. The van der Waals surface area contributed by atoms with Crippen LogP contribution < -0.4 is 11.1 Å². The number of imidazole rings is 1. The second kappa shape index (κ2) is 4.79. The van der Waals surface area contributed by atoms with Gasteiger partial charge >= 0.3 is 6.03 Å². The fraction of sp³-hybridized carbons (Fsp3) is 0.500. The highest BCUT2D eigenvalue weighted by Crippen LogP contribution is 2.38. The van der Waals surface area contributed by atoms with Gasteiger partial charge < -0.3 is 10.3 Å². The van der Waals surface area contributed by atoms with Crippen LogP contribution >= 0.6 is 11.8 Å². The molecule has 92 valence electrons. The molecule has 1 aromatic rings. The van der Waals surface area contributed by atoms with Crippen LogP contribution in [0.5, 0.6) is 0 Å². The van der Waals surface area contributed by atoms with Crippen molar-refractivity contribution in [2.24, 2.45) is 5.73 Å². The van der Waals surface area contributed by atoms with Gasteiger partial charge in [0.05, 0.1) is 5.25 Å². The smallest absolute Gasteiger partial charge is 0.318 e. The third-order valence-corrected chi connectivity index (χ3v) is 3.57. The number of nitrogens with two attached hydrogens (primary N) is 1. The SMILES string of the molecule is C[C@H](Sc1nccn1C1CC1)C(=O)NC(N)=O. The molecule has 0 aliphatic heterocycles. The zero-order valence-electron chi connectivity index (χ0n) is 9.42. The van der Waals surface area contributed by atoms with E-state index in [0.717, 1.165) is 18.0 Å². The number of carbonyl (C=O) groups excluding carboxylic acids is 2. The summed E-state index contributed by atoms with van der Waals surface area (Å²) < 4.78 is 2.07. The van der Waals surface area contributed by atoms with Crippen LogP contribution in [0.1, 0.15) is 25.8 Å². The monoisotopic (exact) mass is 254 g/mol. The zero-order chi connectivity index (χ0) is 12.4. The molecule has 0 spiro atoms. The van der Waals surface area contributed by atoms with E-state index in [1.54, 1.807) is 13.1 Å². The third-order valence-electron chi connectivity index (χ3n) is 2.47. The van der Waals surface area contributed by atoms with E-state index in [2.05, 4.69) is 14.9 Å². The van der Waals surface area contributed by atoms with E-state index in [4.69, 9.17) is 5.73 Å². The maximum atomic E-state index is 11.5. The molecule has 0 aromatic carbocycles. The average molecular weight is 254 g/mol. The molecule has 1 aliphatic rings. The first-order chi connectivity index (χ1) is 8.08. The van der Waals surface area contributed by atoms with Gasteiger partial charge in [-0.2, -0.15) is 0 Å². The van der Waals surface area contributed by atoms with E-state index in [1.807, 2.05) is 6.20 Å². The largest absolute Gasteiger partial charge is 0.351 e. The second-order valence-electron chi connectivity index (χ2n) is 3.96. The lowest BCUT2D eigenvalue weighted by Gasteiger charge is -2.10. The highest BCUT2D eigenvalue weighted by Gasteiger charge is 2.27. The molecule has 0 saturated heterocycles. The first-order valence-corrected chi connectivity index (χ1v) is 6.25. The van der Waals surface area contributed by atoms with Gasteiger partial charge in [-0.3, -0.25) is 10.1 Å². The Morgan fingerprint density at radius 3 is 2.94 bits per heavy atom. The summed E-state index contributed by atoms with van der Waals surface area (Å²) in [7, 11) is 0. The van der Waals surface area contributed by atoms with Gasteiger partial charge in [-0.25, -0.2) is 9.78 Å². The van der Waals surface area contributed by atoms with Crippen molar-refractivity contribution in [3.8, 4) is 0 Å². The molecule has 17 heavy (non-hydrogen) atoms. The summed E-state index contributed by atoms with van der Waals surface area (Å²) >= 11 is 1.33. The van der Waals surface area contributed by atoms with E-state index >= 15 is 0 Å². The molecule has 0 bridgehead atoms. The maximum Gasteiger partial charge on any atom is 0.318 e. The molecule has 1 fully saturated rings. The first kappa shape index (κ1) is 12.0. The van der Waals surface area contributed by atoms with Gasteiger partial charge in [0.25, 0.3) is 0 Å². The molecule has 1 heterocycles. The summed E-state index contributed by atoms with van der Waals surface area (Å²) in [5, 5.41) is 2.47. The van der Waals surface area contributed by atoms with Crippen molar-refractivity contribution >= 4 is 23.7 Å². The van der Waals surface area contributed by atoms with Crippen LogP contribution in [0.4, 0.5) is 4.79 Å². The van der Waals surface area contributed by atoms with Crippen molar-refractivity contribution in [2.45, 2.75) is 36.2 Å². The van der Waals surface area contributed by atoms with Gasteiger partial charge in [0.15, 0.2) is 5.16 Å². The summed E-state index contributed by atoms with van der Waals surface area (Å²) in [6.07, 6.45) is 5.95. The number of hydrogen-bond donors (Lipinski definition) is 2. The van der Waals surface area contributed by atoms with Crippen molar-refractivity contribution in [3.05, 3.63) is 12.4 Å². The Bertz CT molecular complexity index is 441. The van der Waals surface area contributed by atoms with Crippen LogP contribution in [0.2, 0.25) is 0 Å². The number of amides is 3. The molecule has 3 amide bonds. The lowest BCUT2D eigenvalue weighted by molar-refractivity contribution is -0.119. The lowest BCUT2D eigenvalue weighted by Crippen LogP contribution is -2.39. The molecule has 0 unspecified atom stereocenters. The molecular weight excluding hydrogens is 240 g/mol. The summed E-state index contributed by atoms with van der Waals surface area (Å²) in [6, 6.07) is -0.306. The first-order valence-electron chi connectivity index (χ1n) is 5.37. The molecule has 1 aliphatic carbocycles. The van der Waals surface area contributed by atoms with E-state index in [1.165, 1.54) is 11.8 Å². The number of primary amides is 1. The highest BCUT2D eigenvalue weighted by molar-refractivity contribution is 8.00. The molecule has 3 N–H and O–H groups in total. The third kappa shape index (κ3) is 3.00. The van der Waals surface area contributed by atoms with E-state index in [-0.39, 0.29) is 0 Å². The Morgan fingerprint density at radius 2 is 2.35 bits per heavy atom. The number of nitrogens with one attached hydrogen (secondary N) is 1. The van der Waals surface area contributed by atoms with Crippen molar-refractivity contribution in [2.75, 3.05) is 0 Å². The van der Waals surface area contributed by atoms with Crippen molar-refractivity contribution in [3.63, 3.8) is 0 Å². The number of rotatable bonds is 4. The Balaban J connectivity index is 1.97. The van der Waals surface area contributed by atoms with Crippen LogP contribution in [0.3, 0.4) is 0 Å². The summed E-state index contributed by atoms with van der Waals surface area (Å²) in [5.41, 5.74) is 4.89. The van der Waals surface area contributed by atoms with Crippen molar-refractivity contribution in [1.82, 2.24) is 14.9 Å². The molecule has 7 heteroatoms. The Kier molecular flexibility index (Phi) is 3.37. The number of hydrogen-bond acceptors (Lipinski definition) is 4. The number of imide groups is 1. The minimum atomic E-state index is -0.826. The van der Waals surface area contributed by atoms with Crippen LogP contribution in [0.25, 0.3) is 0 Å².